The number of H-pyrrole nitrogens is 1. The molecule has 0 aliphatic carbocycles. The van der Waals surface area contributed by atoms with Crippen molar-refractivity contribution in [2.75, 3.05) is 13.6 Å². The van der Waals surface area contributed by atoms with E-state index in [1.165, 1.54) is 5.56 Å². The molecule has 2 aromatic rings. The van der Waals surface area contributed by atoms with Gasteiger partial charge in [0.25, 0.3) is 0 Å². The monoisotopic (exact) mass is 289 g/mol. The van der Waals surface area contributed by atoms with Gasteiger partial charge in [-0.3, -0.25) is 9.89 Å². The molecule has 6 heteroatoms. The molecule has 114 valence electrons. The molecule has 0 aliphatic heterocycles. The lowest BCUT2D eigenvalue weighted by molar-refractivity contribution is -0.133. The fourth-order valence-electron chi connectivity index (χ4n) is 2.49. The van der Waals surface area contributed by atoms with Gasteiger partial charge in [0.2, 0.25) is 5.91 Å². The van der Waals surface area contributed by atoms with Crippen LogP contribution in [0.4, 0.5) is 0 Å². The van der Waals surface area contributed by atoms with Crippen molar-refractivity contribution in [3.8, 4) is 0 Å². The first-order valence-corrected chi connectivity index (χ1v) is 7.23. The number of carbonyl (C=O) groups is 1. The Balaban J connectivity index is 1.84. The maximum absolute atomic E-state index is 12.3. The molecule has 0 saturated carbocycles. The summed E-state index contributed by atoms with van der Waals surface area (Å²) >= 11 is 0. The van der Waals surface area contributed by atoms with Crippen molar-refractivity contribution in [2.24, 2.45) is 0 Å². The van der Waals surface area contributed by atoms with Crippen LogP contribution in [0.2, 0.25) is 0 Å². The van der Waals surface area contributed by atoms with Crippen LogP contribution in [0.15, 0.2) is 18.7 Å². The van der Waals surface area contributed by atoms with Gasteiger partial charge in [-0.2, -0.15) is 5.10 Å². The largest absolute Gasteiger partial charge is 0.344 e. The second-order valence-corrected chi connectivity index (χ2v) is 5.46. The Bertz CT molecular complexity index is 568. The molecule has 21 heavy (non-hydrogen) atoms. The van der Waals surface area contributed by atoms with Crippen LogP contribution in [-0.4, -0.2) is 44.1 Å². The molecule has 1 amide bonds. The molecular weight excluding hydrogens is 266 g/mol. The number of carbonyl (C=O) groups excluding carboxylic acids is 1. The number of likely N-dealkylation sites (N-methyl/N-ethyl adjacent to an activating group) is 1. The topological polar surface area (TPSA) is 66.8 Å². The van der Waals surface area contributed by atoms with Crippen molar-refractivity contribution < 1.29 is 4.79 Å². The van der Waals surface area contributed by atoms with Crippen LogP contribution in [0.1, 0.15) is 36.3 Å². The Hall–Kier alpha value is -2.11. The Labute approximate surface area is 125 Å². The minimum atomic E-state index is -0.213. The summed E-state index contributed by atoms with van der Waals surface area (Å²) in [6.07, 6.45) is 7.04. The highest BCUT2D eigenvalue weighted by molar-refractivity contribution is 5.79. The second-order valence-electron chi connectivity index (χ2n) is 5.46. The molecule has 0 radical (unpaired) electrons. The smallest absolute Gasteiger partial charge is 0.245 e. The molecule has 1 atom stereocenters. The summed E-state index contributed by atoms with van der Waals surface area (Å²) in [5, 5.41) is 7.19. The maximum atomic E-state index is 12.3. The van der Waals surface area contributed by atoms with E-state index in [0.717, 1.165) is 30.8 Å². The lowest BCUT2D eigenvalue weighted by Gasteiger charge is -2.22. The number of aryl methyl sites for hydroxylation is 2. The van der Waals surface area contributed by atoms with Gasteiger partial charge in [0.05, 0.1) is 12.0 Å². The maximum Gasteiger partial charge on any atom is 0.245 e. The first-order chi connectivity index (χ1) is 10.0. The molecule has 2 aromatic heterocycles. The molecular formula is C15H23N5O. The van der Waals surface area contributed by atoms with E-state index >= 15 is 0 Å². The van der Waals surface area contributed by atoms with Crippen molar-refractivity contribution in [2.45, 2.75) is 39.7 Å². The van der Waals surface area contributed by atoms with Crippen LogP contribution in [-0.2, 0) is 11.2 Å². The molecule has 1 unspecified atom stereocenters. The van der Waals surface area contributed by atoms with Gasteiger partial charge >= 0.3 is 0 Å². The number of aromatic amines is 1. The van der Waals surface area contributed by atoms with Gasteiger partial charge in [-0.15, -0.1) is 0 Å². The van der Waals surface area contributed by atoms with E-state index in [1.807, 2.05) is 38.6 Å². The first kappa shape index (κ1) is 15.3. The quantitative estimate of drug-likeness (QED) is 0.883. The molecule has 0 aromatic carbocycles. The molecule has 1 N–H and O–H groups in total. The Morgan fingerprint density at radius 2 is 2.24 bits per heavy atom. The summed E-state index contributed by atoms with van der Waals surface area (Å²) in [6.45, 7) is 6.67. The van der Waals surface area contributed by atoms with Crippen LogP contribution < -0.4 is 0 Å². The summed E-state index contributed by atoms with van der Waals surface area (Å²) in [5.41, 5.74) is 3.43. The number of amides is 1. The lowest BCUT2D eigenvalue weighted by atomic mass is 10.1. The highest BCUT2D eigenvalue weighted by Gasteiger charge is 2.18. The zero-order valence-electron chi connectivity index (χ0n) is 13.1. The van der Waals surface area contributed by atoms with Gasteiger partial charge in [-0.05, 0) is 39.2 Å². The standard InChI is InChI=1S/C15H23N5O/c1-11-14(12(2)18-17-11)6-5-8-19(4)15(21)13(3)20-9-7-16-10-20/h7,9-10,13H,5-6,8H2,1-4H3,(H,17,18). The molecule has 0 saturated heterocycles. The summed E-state index contributed by atoms with van der Waals surface area (Å²) in [4.78, 5) is 18.1. The third kappa shape index (κ3) is 3.51. The molecule has 0 fully saturated rings. The number of aromatic nitrogens is 4. The molecule has 2 rings (SSSR count). The summed E-state index contributed by atoms with van der Waals surface area (Å²) in [6, 6.07) is -0.213. The van der Waals surface area contributed by atoms with E-state index < -0.39 is 0 Å². The van der Waals surface area contributed by atoms with Crippen LogP contribution in [0.3, 0.4) is 0 Å². The highest BCUT2D eigenvalue weighted by Crippen LogP contribution is 2.13. The zero-order valence-corrected chi connectivity index (χ0v) is 13.1. The van der Waals surface area contributed by atoms with Gasteiger partial charge in [0.1, 0.15) is 6.04 Å². The predicted molar refractivity (Wildman–Crippen MR) is 81.0 cm³/mol. The minimum Gasteiger partial charge on any atom is -0.344 e. The van der Waals surface area contributed by atoms with Crippen molar-refractivity contribution in [3.05, 3.63) is 35.7 Å². The van der Waals surface area contributed by atoms with Gasteiger partial charge in [-0.25, -0.2) is 4.98 Å². The normalized spacial score (nSPS) is 12.4. The Kier molecular flexibility index (Phi) is 4.77. The number of nitrogens with one attached hydrogen (secondary N) is 1. The number of hydrogen-bond donors (Lipinski definition) is 1. The number of imidazole rings is 1. The van der Waals surface area contributed by atoms with E-state index in [4.69, 9.17) is 0 Å². The van der Waals surface area contributed by atoms with E-state index in [-0.39, 0.29) is 11.9 Å². The predicted octanol–water partition coefficient (Wildman–Crippen LogP) is 1.88. The lowest BCUT2D eigenvalue weighted by Crippen LogP contribution is -2.33. The average Bonchev–Trinajstić information content (AvgIpc) is 3.10. The van der Waals surface area contributed by atoms with Crippen LogP contribution in [0, 0.1) is 13.8 Å². The van der Waals surface area contributed by atoms with Gasteiger partial charge in [0, 0.05) is 31.7 Å². The highest BCUT2D eigenvalue weighted by atomic mass is 16.2. The number of rotatable bonds is 6. The molecule has 0 spiro atoms. The van der Waals surface area contributed by atoms with E-state index in [0.29, 0.717) is 0 Å². The first-order valence-electron chi connectivity index (χ1n) is 7.23. The van der Waals surface area contributed by atoms with Crippen molar-refractivity contribution in [3.63, 3.8) is 0 Å². The van der Waals surface area contributed by atoms with E-state index in [1.54, 1.807) is 17.4 Å². The molecule has 6 nitrogen and oxygen atoms in total. The van der Waals surface area contributed by atoms with E-state index in [9.17, 15) is 4.79 Å². The van der Waals surface area contributed by atoms with Crippen molar-refractivity contribution in [1.29, 1.82) is 0 Å². The fourth-order valence-corrected chi connectivity index (χ4v) is 2.49. The number of nitrogens with zero attached hydrogens (tertiary/aromatic N) is 4. The van der Waals surface area contributed by atoms with E-state index in [2.05, 4.69) is 15.2 Å². The minimum absolute atomic E-state index is 0.105. The molecule has 0 aliphatic rings. The van der Waals surface area contributed by atoms with Crippen molar-refractivity contribution >= 4 is 5.91 Å². The Morgan fingerprint density at radius 1 is 1.48 bits per heavy atom. The SMILES string of the molecule is Cc1n[nH]c(C)c1CCCN(C)C(=O)C(C)n1ccnc1. The third-order valence-electron chi connectivity index (χ3n) is 3.91. The third-order valence-corrected chi connectivity index (χ3v) is 3.91. The summed E-state index contributed by atoms with van der Waals surface area (Å²) in [5.74, 6) is 0.105. The Morgan fingerprint density at radius 3 is 2.81 bits per heavy atom. The van der Waals surface area contributed by atoms with Crippen molar-refractivity contribution in [1.82, 2.24) is 24.6 Å². The van der Waals surface area contributed by atoms with Crippen LogP contribution >= 0.6 is 0 Å². The van der Waals surface area contributed by atoms with Gasteiger partial charge < -0.3 is 9.47 Å². The van der Waals surface area contributed by atoms with Crippen LogP contribution in [0.25, 0.3) is 0 Å². The van der Waals surface area contributed by atoms with Gasteiger partial charge in [-0.1, -0.05) is 0 Å². The zero-order chi connectivity index (χ0) is 15.4. The number of hydrogen-bond acceptors (Lipinski definition) is 3. The second kappa shape index (κ2) is 6.56. The fraction of sp³-hybridized carbons (Fsp3) is 0.533. The molecule has 0 bridgehead atoms. The molecule has 2 heterocycles. The summed E-state index contributed by atoms with van der Waals surface area (Å²) in [7, 11) is 1.85. The van der Waals surface area contributed by atoms with Crippen LogP contribution in [0.5, 0.6) is 0 Å². The van der Waals surface area contributed by atoms with Gasteiger partial charge in [0.15, 0.2) is 0 Å². The summed E-state index contributed by atoms with van der Waals surface area (Å²) < 4.78 is 1.82. The average molecular weight is 289 g/mol.